The van der Waals surface area contributed by atoms with Crippen LogP contribution in [0.1, 0.15) is 19.9 Å². The summed E-state index contributed by atoms with van der Waals surface area (Å²) in [5.41, 5.74) is -0.0359. The maximum Gasteiger partial charge on any atom is 0.293 e. The molecule has 2 heterocycles. The topological polar surface area (TPSA) is 65.2 Å². The van der Waals surface area contributed by atoms with Crippen LogP contribution in [0.3, 0.4) is 0 Å². The molecule has 1 aromatic heterocycles. The molecular formula is C13H19N5O. The number of piperazine rings is 1. The van der Waals surface area contributed by atoms with Gasteiger partial charge in [-0.3, -0.25) is 9.69 Å². The van der Waals surface area contributed by atoms with E-state index in [1.165, 1.54) is 0 Å². The Morgan fingerprint density at radius 1 is 1.37 bits per heavy atom. The molecule has 0 spiro atoms. The van der Waals surface area contributed by atoms with Crippen LogP contribution >= 0.6 is 0 Å². The van der Waals surface area contributed by atoms with Crippen molar-refractivity contribution in [3.63, 3.8) is 0 Å². The molecule has 0 atom stereocenters. The summed E-state index contributed by atoms with van der Waals surface area (Å²) in [6.07, 6.45) is 3.40. The minimum atomic E-state index is -0.0359. The molecule has 0 aliphatic carbocycles. The van der Waals surface area contributed by atoms with E-state index in [1.807, 2.05) is 18.7 Å². The van der Waals surface area contributed by atoms with Gasteiger partial charge >= 0.3 is 0 Å². The standard InChI is InChI=1S/C13H19N5O/c1-11(2)18-6-4-15-12(13(18)19)17-9-7-16(5-3-14)8-10-17/h4,6,11H,5,7-10H2,1-2H3. The lowest BCUT2D eigenvalue weighted by Gasteiger charge is -2.33. The summed E-state index contributed by atoms with van der Waals surface area (Å²) in [5, 5.41) is 8.67. The van der Waals surface area contributed by atoms with Crippen molar-refractivity contribution in [2.45, 2.75) is 19.9 Å². The molecule has 1 saturated heterocycles. The highest BCUT2D eigenvalue weighted by molar-refractivity contribution is 5.36. The normalized spacial score (nSPS) is 16.6. The summed E-state index contributed by atoms with van der Waals surface area (Å²) >= 11 is 0. The second kappa shape index (κ2) is 5.85. The molecular weight excluding hydrogens is 242 g/mol. The summed E-state index contributed by atoms with van der Waals surface area (Å²) in [4.78, 5) is 20.6. The molecule has 1 aliphatic heterocycles. The third-order valence-electron chi connectivity index (χ3n) is 3.37. The third kappa shape index (κ3) is 2.93. The summed E-state index contributed by atoms with van der Waals surface area (Å²) in [7, 11) is 0. The Kier molecular flexibility index (Phi) is 4.17. The monoisotopic (exact) mass is 261 g/mol. The van der Waals surface area contributed by atoms with Crippen LogP contribution in [0.5, 0.6) is 0 Å². The highest BCUT2D eigenvalue weighted by Crippen LogP contribution is 2.10. The zero-order valence-corrected chi connectivity index (χ0v) is 11.4. The number of nitrogens with zero attached hydrogens (tertiary/aromatic N) is 5. The van der Waals surface area contributed by atoms with Crippen molar-refractivity contribution >= 4 is 5.82 Å². The molecule has 1 aliphatic rings. The quantitative estimate of drug-likeness (QED) is 0.740. The number of hydrogen-bond donors (Lipinski definition) is 0. The minimum absolute atomic E-state index is 0.0359. The molecule has 0 radical (unpaired) electrons. The van der Waals surface area contributed by atoms with E-state index in [0.717, 1.165) is 26.2 Å². The highest BCUT2D eigenvalue weighted by Gasteiger charge is 2.20. The molecule has 0 bridgehead atoms. The van der Waals surface area contributed by atoms with Gasteiger partial charge in [0.15, 0.2) is 5.82 Å². The first kappa shape index (κ1) is 13.6. The van der Waals surface area contributed by atoms with Crippen molar-refractivity contribution in [3.05, 3.63) is 22.7 Å². The average molecular weight is 261 g/mol. The van der Waals surface area contributed by atoms with Gasteiger partial charge in [-0.15, -0.1) is 0 Å². The lowest BCUT2D eigenvalue weighted by molar-refractivity contribution is 0.286. The number of rotatable bonds is 3. The lowest BCUT2D eigenvalue weighted by Crippen LogP contribution is -2.48. The predicted octanol–water partition coefficient (Wildman–Crippen LogP) is 0.470. The Bertz CT molecular complexity index is 523. The smallest absolute Gasteiger partial charge is 0.293 e. The second-order valence-electron chi connectivity index (χ2n) is 4.98. The van der Waals surface area contributed by atoms with E-state index in [9.17, 15) is 4.79 Å². The zero-order valence-electron chi connectivity index (χ0n) is 11.4. The van der Waals surface area contributed by atoms with Crippen molar-refractivity contribution in [3.8, 4) is 6.07 Å². The lowest BCUT2D eigenvalue weighted by atomic mass is 10.3. The van der Waals surface area contributed by atoms with Crippen molar-refractivity contribution in [2.24, 2.45) is 0 Å². The first-order valence-electron chi connectivity index (χ1n) is 6.55. The fourth-order valence-electron chi connectivity index (χ4n) is 2.26. The maximum atomic E-state index is 12.3. The van der Waals surface area contributed by atoms with Gasteiger partial charge in [0.25, 0.3) is 5.56 Å². The Hall–Kier alpha value is -1.87. The molecule has 0 saturated carbocycles. The van der Waals surface area contributed by atoms with E-state index in [-0.39, 0.29) is 11.6 Å². The summed E-state index contributed by atoms with van der Waals surface area (Å²) in [5.74, 6) is 0.521. The summed E-state index contributed by atoms with van der Waals surface area (Å²) in [6, 6.07) is 2.29. The molecule has 0 unspecified atom stereocenters. The summed E-state index contributed by atoms with van der Waals surface area (Å²) in [6.45, 7) is 7.49. The van der Waals surface area contributed by atoms with E-state index in [2.05, 4.69) is 16.0 Å². The first-order valence-corrected chi connectivity index (χ1v) is 6.55. The van der Waals surface area contributed by atoms with Crippen molar-refractivity contribution in [1.82, 2.24) is 14.5 Å². The second-order valence-corrected chi connectivity index (χ2v) is 4.98. The van der Waals surface area contributed by atoms with Gasteiger partial charge in [-0.2, -0.15) is 5.26 Å². The summed E-state index contributed by atoms with van der Waals surface area (Å²) < 4.78 is 1.70. The average Bonchev–Trinajstić information content (AvgIpc) is 2.40. The van der Waals surface area contributed by atoms with E-state index < -0.39 is 0 Å². The molecule has 0 aromatic carbocycles. The number of nitriles is 1. The fraction of sp³-hybridized carbons (Fsp3) is 0.615. The molecule has 102 valence electrons. The molecule has 6 heteroatoms. The van der Waals surface area contributed by atoms with Crippen LogP contribution in [-0.4, -0.2) is 47.2 Å². The largest absolute Gasteiger partial charge is 0.349 e. The van der Waals surface area contributed by atoms with Gasteiger partial charge in [-0.25, -0.2) is 4.98 Å². The van der Waals surface area contributed by atoms with Gasteiger partial charge in [0.1, 0.15) is 0 Å². The van der Waals surface area contributed by atoms with Crippen LogP contribution in [-0.2, 0) is 0 Å². The van der Waals surface area contributed by atoms with E-state index in [4.69, 9.17) is 5.26 Å². The van der Waals surface area contributed by atoms with Gasteiger partial charge < -0.3 is 9.47 Å². The number of aromatic nitrogens is 2. The van der Waals surface area contributed by atoms with Gasteiger partial charge in [0.05, 0.1) is 12.6 Å². The van der Waals surface area contributed by atoms with E-state index >= 15 is 0 Å². The van der Waals surface area contributed by atoms with Crippen LogP contribution in [0.25, 0.3) is 0 Å². The van der Waals surface area contributed by atoms with Gasteiger partial charge in [0.2, 0.25) is 0 Å². The Morgan fingerprint density at radius 2 is 2.05 bits per heavy atom. The highest BCUT2D eigenvalue weighted by atomic mass is 16.1. The maximum absolute atomic E-state index is 12.3. The van der Waals surface area contributed by atoms with Gasteiger partial charge in [0, 0.05) is 44.6 Å². The molecule has 0 N–H and O–H groups in total. The molecule has 6 nitrogen and oxygen atoms in total. The Balaban J connectivity index is 2.14. The minimum Gasteiger partial charge on any atom is -0.349 e. The third-order valence-corrected chi connectivity index (χ3v) is 3.37. The van der Waals surface area contributed by atoms with Crippen LogP contribution in [0.4, 0.5) is 5.82 Å². The van der Waals surface area contributed by atoms with Crippen LogP contribution in [0, 0.1) is 11.3 Å². The van der Waals surface area contributed by atoms with Gasteiger partial charge in [-0.05, 0) is 13.8 Å². The molecule has 1 aromatic rings. The van der Waals surface area contributed by atoms with Crippen molar-refractivity contribution in [2.75, 3.05) is 37.6 Å². The van der Waals surface area contributed by atoms with E-state index in [0.29, 0.717) is 12.4 Å². The Morgan fingerprint density at radius 3 is 2.63 bits per heavy atom. The fourth-order valence-corrected chi connectivity index (χ4v) is 2.26. The number of anilines is 1. The molecule has 0 amide bonds. The van der Waals surface area contributed by atoms with Crippen LogP contribution in [0.15, 0.2) is 17.2 Å². The van der Waals surface area contributed by atoms with E-state index in [1.54, 1.807) is 17.0 Å². The predicted molar refractivity (Wildman–Crippen MR) is 73.1 cm³/mol. The molecule has 2 rings (SSSR count). The number of hydrogen-bond acceptors (Lipinski definition) is 5. The van der Waals surface area contributed by atoms with Crippen molar-refractivity contribution in [1.29, 1.82) is 5.26 Å². The van der Waals surface area contributed by atoms with Crippen molar-refractivity contribution < 1.29 is 0 Å². The van der Waals surface area contributed by atoms with Crippen LogP contribution < -0.4 is 10.5 Å². The zero-order chi connectivity index (χ0) is 13.8. The molecule has 19 heavy (non-hydrogen) atoms. The first-order chi connectivity index (χ1) is 9.13. The Labute approximate surface area is 112 Å². The van der Waals surface area contributed by atoms with Crippen LogP contribution in [0.2, 0.25) is 0 Å². The SMILES string of the molecule is CC(C)n1ccnc(N2CCN(CC#N)CC2)c1=O. The van der Waals surface area contributed by atoms with Gasteiger partial charge in [-0.1, -0.05) is 0 Å². The molecule has 1 fully saturated rings.